The van der Waals surface area contributed by atoms with Crippen molar-refractivity contribution < 1.29 is 19.0 Å². The van der Waals surface area contributed by atoms with Crippen LogP contribution in [0.5, 0.6) is 11.5 Å². The summed E-state index contributed by atoms with van der Waals surface area (Å²) in [4.78, 5) is 12.5. The van der Waals surface area contributed by atoms with Crippen LogP contribution in [0.2, 0.25) is 5.02 Å². The van der Waals surface area contributed by atoms with Gasteiger partial charge in [0.05, 0.1) is 31.3 Å². The lowest BCUT2D eigenvalue weighted by Crippen LogP contribution is -2.22. The highest BCUT2D eigenvalue weighted by Gasteiger charge is 2.32. The summed E-state index contributed by atoms with van der Waals surface area (Å²) >= 11 is 6.16. The van der Waals surface area contributed by atoms with Crippen LogP contribution < -0.4 is 9.47 Å². The normalized spacial score (nSPS) is 22.3. The standard InChI is InChI=1S/C14H17ClO4/c1-8-9(4-5-19-8)14(16)10-6-12(17-2)13(18-3)7-11(10)15/h6-9H,4-5H2,1-3H3. The fraction of sp³-hybridized carbons (Fsp3) is 0.500. The second-order valence-electron chi connectivity index (χ2n) is 4.52. The number of benzene rings is 1. The van der Waals surface area contributed by atoms with Crippen molar-refractivity contribution in [2.75, 3.05) is 20.8 Å². The van der Waals surface area contributed by atoms with Crippen LogP contribution in [-0.4, -0.2) is 32.7 Å². The van der Waals surface area contributed by atoms with Crippen LogP contribution >= 0.6 is 11.6 Å². The Morgan fingerprint density at radius 1 is 1.32 bits per heavy atom. The second-order valence-corrected chi connectivity index (χ2v) is 4.93. The molecule has 0 aromatic heterocycles. The largest absolute Gasteiger partial charge is 0.493 e. The minimum Gasteiger partial charge on any atom is -0.493 e. The Morgan fingerprint density at radius 2 is 1.95 bits per heavy atom. The molecule has 1 heterocycles. The Hall–Kier alpha value is -1.26. The molecule has 0 radical (unpaired) electrons. The van der Waals surface area contributed by atoms with E-state index in [1.807, 2.05) is 6.92 Å². The maximum Gasteiger partial charge on any atom is 0.170 e. The van der Waals surface area contributed by atoms with Crippen LogP contribution in [0.4, 0.5) is 0 Å². The average molecular weight is 285 g/mol. The maximum atomic E-state index is 12.5. The van der Waals surface area contributed by atoms with Crippen LogP contribution in [0.1, 0.15) is 23.7 Å². The maximum absolute atomic E-state index is 12.5. The minimum atomic E-state index is -0.143. The molecule has 104 valence electrons. The Bertz CT molecular complexity index is 487. The van der Waals surface area contributed by atoms with Gasteiger partial charge in [-0.25, -0.2) is 0 Å². The summed E-state index contributed by atoms with van der Waals surface area (Å²) in [7, 11) is 3.06. The molecule has 19 heavy (non-hydrogen) atoms. The molecule has 2 atom stereocenters. The smallest absolute Gasteiger partial charge is 0.170 e. The van der Waals surface area contributed by atoms with Gasteiger partial charge in [0.2, 0.25) is 0 Å². The summed E-state index contributed by atoms with van der Waals surface area (Å²) in [5, 5.41) is 0.377. The highest BCUT2D eigenvalue weighted by atomic mass is 35.5. The van der Waals surface area contributed by atoms with E-state index >= 15 is 0 Å². The van der Waals surface area contributed by atoms with Crippen LogP contribution in [0.3, 0.4) is 0 Å². The number of carbonyl (C=O) groups excluding carboxylic acids is 1. The molecular weight excluding hydrogens is 268 g/mol. The van der Waals surface area contributed by atoms with Crippen molar-refractivity contribution in [2.45, 2.75) is 19.4 Å². The van der Waals surface area contributed by atoms with E-state index in [0.29, 0.717) is 28.7 Å². The topological polar surface area (TPSA) is 44.8 Å². The molecule has 0 N–H and O–H groups in total. The summed E-state index contributed by atoms with van der Waals surface area (Å²) in [6, 6.07) is 3.24. The number of hydrogen-bond donors (Lipinski definition) is 0. The van der Waals surface area contributed by atoms with Gasteiger partial charge in [-0.2, -0.15) is 0 Å². The van der Waals surface area contributed by atoms with Crippen molar-refractivity contribution >= 4 is 17.4 Å². The van der Waals surface area contributed by atoms with E-state index in [9.17, 15) is 4.79 Å². The van der Waals surface area contributed by atoms with E-state index < -0.39 is 0 Å². The van der Waals surface area contributed by atoms with Crippen molar-refractivity contribution in [3.8, 4) is 11.5 Å². The fourth-order valence-electron chi connectivity index (χ4n) is 2.32. The monoisotopic (exact) mass is 284 g/mol. The van der Waals surface area contributed by atoms with Gasteiger partial charge in [0.25, 0.3) is 0 Å². The molecule has 1 aliphatic heterocycles. The van der Waals surface area contributed by atoms with Gasteiger partial charge in [0.15, 0.2) is 17.3 Å². The summed E-state index contributed by atoms with van der Waals surface area (Å²) in [6.07, 6.45) is 0.654. The molecule has 2 unspecified atom stereocenters. The molecule has 1 saturated heterocycles. The number of methoxy groups -OCH3 is 2. The summed E-state index contributed by atoms with van der Waals surface area (Å²) in [6.45, 7) is 2.52. The van der Waals surface area contributed by atoms with Crippen LogP contribution in [-0.2, 0) is 4.74 Å². The average Bonchev–Trinajstić information content (AvgIpc) is 2.83. The first kappa shape index (κ1) is 14.2. The van der Waals surface area contributed by atoms with E-state index in [0.717, 1.165) is 6.42 Å². The zero-order valence-corrected chi connectivity index (χ0v) is 12.0. The first-order chi connectivity index (χ1) is 9.08. The molecule has 4 nitrogen and oxygen atoms in total. The van der Waals surface area contributed by atoms with E-state index in [1.54, 1.807) is 12.1 Å². The number of Topliss-reactive ketones (excluding diaryl/α,β-unsaturated/α-hetero) is 1. The fourth-order valence-corrected chi connectivity index (χ4v) is 2.57. The predicted octanol–water partition coefficient (Wildman–Crippen LogP) is 2.96. The Balaban J connectivity index is 2.36. The molecule has 1 aromatic carbocycles. The molecule has 0 bridgehead atoms. The van der Waals surface area contributed by atoms with E-state index in [2.05, 4.69) is 0 Å². The number of hydrogen-bond acceptors (Lipinski definition) is 4. The lowest BCUT2D eigenvalue weighted by atomic mass is 9.92. The van der Waals surface area contributed by atoms with E-state index in [-0.39, 0.29) is 17.8 Å². The zero-order valence-electron chi connectivity index (χ0n) is 11.2. The Labute approximate surface area is 117 Å². The van der Waals surface area contributed by atoms with Crippen molar-refractivity contribution in [1.82, 2.24) is 0 Å². The van der Waals surface area contributed by atoms with Gasteiger partial charge < -0.3 is 14.2 Å². The lowest BCUT2D eigenvalue weighted by Gasteiger charge is -2.15. The molecule has 0 aliphatic carbocycles. The second kappa shape index (κ2) is 5.80. The number of ether oxygens (including phenoxy) is 3. The van der Waals surface area contributed by atoms with Gasteiger partial charge >= 0.3 is 0 Å². The third-order valence-corrected chi connectivity index (χ3v) is 3.76. The summed E-state index contributed by atoms with van der Waals surface area (Å²) < 4.78 is 15.8. The number of rotatable bonds is 4. The first-order valence-corrected chi connectivity index (χ1v) is 6.53. The van der Waals surface area contributed by atoms with Gasteiger partial charge in [-0.15, -0.1) is 0 Å². The third-order valence-electron chi connectivity index (χ3n) is 3.45. The number of carbonyl (C=O) groups is 1. The Morgan fingerprint density at radius 3 is 2.47 bits per heavy atom. The molecule has 1 aliphatic rings. The number of ketones is 1. The zero-order chi connectivity index (χ0) is 14.0. The van der Waals surface area contributed by atoms with Gasteiger partial charge in [-0.05, 0) is 19.4 Å². The third kappa shape index (κ3) is 2.69. The van der Waals surface area contributed by atoms with Gasteiger partial charge in [-0.1, -0.05) is 11.6 Å². The van der Waals surface area contributed by atoms with Crippen molar-refractivity contribution in [3.05, 3.63) is 22.7 Å². The summed E-state index contributed by atoms with van der Waals surface area (Å²) in [5.41, 5.74) is 0.460. The lowest BCUT2D eigenvalue weighted by molar-refractivity contribution is 0.0764. The first-order valence-electron chi connectivity index (χ1n) is 6.15. The molecule has 1 aromatic rings. The highest BCUT2D eigenvalue weighted by Crippen LogP contribution is 2.35. The predicted molar refractivity (Wildman–Crippen MR) is 72.4 cm³/mol. The van der Waals surface area contributed by atoms with Crippen LogP contribution in [0.25, 0.3) is 0 Å². The van der Waals surface area contributed by atoms with Crippen molar-refractivity contribution in [2.24, 2.45) is 5.92 Å². The quantitative estimate of drug-likeness (QED) is 0.798. The number of halogens is 1. The summed E-state index contributed by atoms with van der Waals surface area (Å²) in [5.74, 6) is 0.869. The minimum absolute atomic E-state index is 0.00375. The Kier molecular flexibility index (Phi) is 4.32. The van der Waals surface area contributed by atoms with Crippen LogP contribution in [0.15, 0.2) is 12.1 Å². The van der Waals surface area contributed by atoms with Crippen LogP contribution in [0, 0.1) is 5.92 Å². The van der Waals surface area contributed by atoms with Gasteiger partial charge in [-0.3, -0.25) is 4.79 Å². The van der Waals surface area contributed by atoms with Gasteiger partial charge in [0.1, 0.15) is 0 Å². The van der Waals surface area contributed by atoms with E-state index in [1.165, 1.54) is 14.2 Å². The molecule has 0 amide bonds. The molecule has 0 saturated carbocycles. The van der Waals surface area contributed by atoms with Gasteiger partial charge in [0, 0.05) is 18.2 Å². The van der Waals surface area contributed by atoms with Crippen molar-refractivity contribution in [3.63, 3.8) is 0 Å². The SMILES string of the molecule is COc1cc(Cl)c(C(=O)C2CCOC2C)cc1OC. The molecule has 2 rings (SSSR count). The molecule has 0 spiro atoms. The molecule has 5 heteroatoms. The van der Waals surface area contributed by atoms with Crippen molar-refractivity contribution in [1.29, 1.82) is 0 Å². The molecular formula is C14H17ClO4. The molecule has 1 fully saturated rings. The van der Waals surface area contributed by atoms with E-state index in [4.69, 9.17) is 25.8 Å². The highest BCUT2D eigenvalue weighted by molar-refractivity contribution is 6.34.